The number of ether oxygens (including phenoxy) is 2. The molecule has 0 aliphatic heterocycles. The molecule has 1 aliphatic rings. The predicted molar refractivity (Wildman–Crippen MR) is 103 cm³/mol. The van der Waals surface area contributed by atoms with Gasteiger partial charge in [0.25, 0.3) is 0 Å². The van der Waals surface area contributed by atoms with Crippen LogP contribution in [0.15, 0.2) is 23.8 Å². The van der Waals surface area contributed by atoms with E-state index in [1.807, 2.05) is 26.0 Å². The Morgan fingerprint density at radius 1 is 0.885 bits per heavy atom. The average Bonchev–Trinajstić information content (AvgIpc) is 2.62. The summed E-state index contributed by atoms with van der Waals surface area (Å²) in [5, 5.41) is 20.6. The van der Waals surface area contributed by atoms with Crippen LogP contribution in [-0.4, -0.2) is 24.4 Å². The molecule has 2 N–H and O–H groups in total. The fourth-order valence-electron chi connectivity index (χ4n) is 3.92. The molecule has 0 unspecified atom stereocenters. The summed E-state index contributed by atoms with van der Waals surface area (Å²) >= 11 is 0. The molecule has 2 aromatic rings. The van der Waals surface area contributed by atoms with Crippen LogP contribution in [0.1, 0.15) is 47.6 Å². The molecule has 26 heavy (non-hydrogen) atoms. The zero-order valence-corrected chi connectivity index (χ0v) is 16.2. The number of aryl methyl sites for hydroxylation is 1. The Kier molecular flexibility index (Phi) is 4.61. The third kappa shape index (κ3) is 2.70. The lowest BCUT2D eigenvalue weighted by Crippen LogP contribution is -2.19. The summed E-state index contributed by atoms with van der Waals surface area (Å²) in [6.07, 6.45) is 2.17. The van der Waals surface area contributed by atoms with Crippen LogP contribution in [0, 0.1) is 19.8 Å². The minimum absolute atomic E-state index is 0.00719. The topological polar surface area (TPSA) is 58.9 Å². The number of phenols is 2. The lowest BCUT2D eigenvalue weighted by molar-refractivity contribution is 0.338. The summed E-state index contributed by atoms with van der Waals surface area (Å²) in [4.78, 5) is 0. The monoisotopic (exact) mass is 354 g/mol. The SMILES string of the molecule is COc1cc([C@@H]2c3cc(C)c(O)c(C)c3C=C(C)[C@H]2C)cc(OC)c1O. The molecule has 2 atom stereocenters. The Morgan fingerprint density at radius 2 is 1.46 bits per heavy atom. The number of rotatable bonds is 3. The highest BCUT2D eigenvalue weighted by molar-refractivity contribution is 5.70. The van der Waals surface area contributed by atoms with E-state index in [9.17, 15) is 10.2 Å². The molecule has 0 fully saturated rings. The van der Waals surface area contributed by atoms with Crippen molar-refractivity contribution in [2.24, 2.45) is 5.92 Å². The maximum absolute atomic E-state index is 10.4. The second kappa shape index (κ2) is 6.60. The molecule has 0 spiro atoms. The Morgan fingerprint density at radius 3 is 2.00 bits per heavy atom. The maximum Gasteiger partial charge on any atom is 0.200 e. The van der Waals surface area contributed by atoms with Gasteiger partial charge in [-0.1, -0.05) is 24.6 Å². The molecule has 4 nitrogen and oxygen atoms in total. The first-order valence-corrected chi connectivity index (χ1v) is 8.76. The van der Waals surface area contributed by atoms with Crippen LogP contribution < -0.4 is 9.47 Å². The lowest BCUT2D eigenvalue weighted by Gasteiger charge is -2.33. The van der Waals surface area contributed by atoms with Crippen LogP contribution in [0.3, 0.4) is 0 Å². The highest BCUT2D eigenvalue weighted by Gasteiger charge is 2.31. The standard InChI is InChI=1S/C22H26O4/c1-11-7-16-14(4)21(23)12(2)8-17(16)20(13(11)3)15-9-18(25-5)22(24)19(10-15)26-6/h7-10,13,20,23-24H,1-6H3/t13-,20-/m1/s1. The van der Waals surface area contributed by atoms with E-state index in [2.05, 4.69) is 26.0 Å². The number of benzene rings is 2. The first-order chi connectivity index (χ1) is 12.3. The van der Waals surface area contributed by atoms with E-state index < -0.39 is 0 Å². The summed E-state index contributed by atoms with van der Waals surface area (Å²) < 4.78 is 10.7. The first kappa shape index (κ1) is 18.2. The van der Waals surface area contributed by atoms with Crippen LogP contribution >= 0.6 is 0 Å². The van der Waals surface area contributed by atoms with Gasteiger partial charge in [0.15, 0.2) is 11.5 Å². The van der Waals surface area contributed by atoms with Crippen molar-refractivity contribution >= 4 is 6.08 Å². The quantitative estimate of drug-likeness (QED) is 0.822. The predicted octanol–water partition coefficient (Wildman–Crippen LogP) is 4.92. The van der Waals surface area contributed by atoms with Crippen molar-refractivity contribution in [3.05, 3.63) is 51.6 Å². The van der Waals surface area contributed by atoms with Crippen molar-refractivity contribution < 1.29 is 19.7 Å². The van der Waals surface area contributed by atoms with Crippen LogP contribution in [0.4, 0.5) is 0 Å². The molecule has 0 saturated heterocycles. The second-order valence-electron chi connectivity index (χ2n) is 7.10. The number of hydrogen-bond acceptors (Lipinski definition) is 4. The fourth-order valence-corrected chi connectivity index (χ4v) is 3.92. The zero-order valence-electron chi connectivity index (χ0n) is 16.2. The maximum atomic E-state index is 10.4. The molecule has 0 bridgehead atoms. The number of aromatic hydroxyl groups is 2. The van der Waals surface area contributed by atoms with Crippen molar-refractivity contribution in [3.63, 3.8) is 0 Å². The van der Waals surface area contributed by atoms with Crippen molar-refractivity contribution in [2.45, 2.75) is 33.6 Å². The highest BCUT2D eigenvalue weighted by Crippen LogP contribution is 2.48. The summed E-state index contributed by atoms with van der Waals surface area (Å²) in [6.45, 7) is 8.19. The van der Waals surface area contributed by atoms with E-state index in [-0.39, 0.29) is 17.6 Å². The fraction of sp³-hybridized carbons (Fsp3) is 0.364. The van der Waals surface area contributed by atoms with Gasteiger partial charge in [0.2, 0.25) is 5.75 Å². The number of phenolic OH excluding ortho intramolecular Hbond substituents is 2. The number of hydrogen-bond donors (Lipinski definition) is 2. The molecule has 3 rings (SSSR count). The molecule has 1 aliphatic carbocycles. The molecule has 0 saturated carbocycles. The average molecular weight is 354 g/mol. The highest BCUT2D eigenvalue weighted by atomic mass is 16.5. The van der Waals surface area contributed by atoms with E-state index in [4.69, 9.17) is 9.47 Å². The lowest BCUT2D eigenvalue weighted by atomic mass is 9.71. The van der Waals surface area contributed by atoms with Gasteiger partial charge in [0, 0.05) is 5.92 Å². The molecule has 4 heteroatoms. The largest absolute Gasteiger partial charge is 0.507 e. The Labute approximate surface area is 154 Å². The van der Waals surface area contributed by atoms with Gasteiger partial charge >= 0.3 is 0 Å². The van der Waals surface area contributed by atoms with Gasteiger partial charge in [-0.05, 0) is 66.6 Å². The van der Waals surface area contributed by atoms with Gasteiger partial charge in [0.05, 0.1) is 14.2 Å². The van der Waals surface area contributed by atoms with E-state index >= 15 is 0 Å². The van der Waals surface area contributed by atoms with E-state index in [1.54, 1.807) is 0 Å². The normalized spacial score (nSPS) is 18.9. The van der Waals surface area contributed by atoms with Gasteiger partial charge in [-0.25, -0.2) is 0 Å². The van der Waals surface area contributed by atoms with Crippen molar-refractivity contribution in [2.75, 3.05) is 14.2 Å². The summed E-state index contributed by atoms with van der Waals surface area (Å²) in [5.41, 5.74) is 6.27. The van der Waals surface area contributed by atoms with E-state index in [1.165, 1.54) is 25.4 Å². The van der Waals surface area contributed by atoms with Crippen molar-refractivity contribution in [1.29, 1.82) is 0 Å². The number of fused-ring (bicyclic) bond motifs is 1. The Bertz CT molecular complexity index is 870. The summed E-state index contributed by atoms with van der Waals surface area (Å²) in [6, 6.07) is 5.81. The smallest absolute Gasteiger partial charge is 0.200 e. The third-order valence-electron chi connectivity index (χ3n) is 5.60. The molecule has 0 amide bonds. The van der Waals surface area contributed by atoms with Crippen LogP contribution in [0.5, 0.6) is 23.0 Å². The molecule has 138 valence electrons. The van der Waals surface area contributed by atoms with E-state index in [0.29, 0.717) is 17.2 Å². The van der Waals surface area contributed by atoms with Crippen molar-refractivity contribution in [3.8, 4) is 23.0 Å². The molecule has 0 heterocycles. The van der Waals surface area contributed by atoms with Crippen molar-refractivity contribution in [1.82, 2.24) is 0 Å². The summed E-state index contributed by atoms with van der Waals surface area (Å²) in [5.74, 6) is 1.50. The van der Waals surface area contributed by atoms with E-state index in [0.717, 1.165) is 22.3 Å². The molecule has 0 radical (unpaired) electrons. The zero-order chi connectivity index (χ0) is 19.2. The summed E-state index contributed by atoms with van der Waals surface area (Å²) in [7, 11) is 3.07. The van der Waals surface area contributed by atoms with Gasteiger partial charge in [-0.15, -0.1) is 0 Å². The van der Waals surface area contributed by atoms with Gasteiger partial charge in [-0.2, -0.15) is 0 Å². The van der Waals surface area contributed by atoms with Crippen LogP contribution in [0.25, 0.3) is 6.08 Å². The third-order valence-corrected chi connectivity index (χ3v) is 5.60. The minimum atomic E-state index is 0.00719. The van der Waals surface area contributed by atoms with Gasteiger partial charge in [-0.3, -0.25) is 0 Å². The second-order valence-corrected chi connectivity index (χ2v) is 7.10. The van der Waals surface area contributed by atoms with Crippen LogP contribution in [-0.2, 0) is 0 Å². The first-order valence-electron chi connectivity index (χ1n) is 8.76. The van der Waals surface area contributed by atoms with Crippen LogP contribution in [0.2, 0.25) is 0 Å². The molecule has 2 aromatic carbocycles. The van der Waals surface area contributed by atoms with Gasteiger partial charge < -0.3 is 19.7 Å². The Balaban J connectivity index is 2.29. The molecular weight excluding hydrogens is 328 g/mol. The Hall–Kier alpha value is -2.62. The molecule has 0 aromatic heterocycles. The van der Waals surface area contributed by atoms with Gasteiger partial charge in [0.1, 0.15) is 5.75 Å². The number of methoxy groups -OCH3 is 2. The number of allylic oxidation sites excluding steroid dienone is 1. The molecular formula is C22H26O4. The minimum Gasteiger partial charge on any atom is -0.507 e.